The molecule has 0 saturated carbocycles. The molecule has 1 rings (SSSR count). The van der Waals surface area contributed by atoms with E-state index in [1.807, 2.05) is 6.08 Å². The number of allylic oxidation sites excluding steroid dienone is 1. The van der Waals surface area contributed by atoms with E-state index in [1.54, 1.807) is 0 Å². The van der Waals surface area contributed by atoms with Gasteiger partial charge in [0.25, 0.3) is 0 Å². The van der Waals surface area contributed by atoms with Crippen LogP contribution in [-0.2, 0) is 0 Å². The van der Waals surface area contributed by atoms with Gasteiger partial charge in [-0.3, -0.25) is 0 Å². The molecule has 1 aliphatic rings. The highest BCUT2D eigenvalue weighted by Gasteiger charge is 2.13. The van der Waals surface area contributed by atoms with Gasteiger partial charge in [0.2, 0.25) is 0 Å². The zero-order valence-corrected chi connectivity index (χ0v) is 6.56. The molecule has 1 atom stereocenters. The first-order chi connectivity index (χ1) is 4.75. The van der Waals surface area contributed by atoms with Crippen LogP contribution in [0.4, 0.5) is 0 Å². The van der Waals surface area contributed by atoms with Crippen LogP contribution in [0.3, 0.4) is 0 Å². The summed E-state index contributed by atoms with van der Waals surface area (Å²) in [6, 6.07) is 0.256. The Labute approximate surface area is 62.6 Å². The van der Waals surface area contributed by atoms with Crippen LogP contribution in [0.15, 0.2) is 23.8 Å². The standard InChI is InChI=1S/C9H15N/c1-3-8-7(2)5-4-6-9(8)10/h3,9H,1,4-6,10H2,2H3. The predicted octanol–water partition coefficient (Wildman–Crippen LogP) is 2.00. The van der Waals surface area contributed by atoms with Crippen LogP contribution in [-0.4, -0.2) is 6.04 Å². The average molecular weight is 137 g/mol. The van der Waals surface area contributed by atoms with E-state index in [0.29, 0.717) is 0 Å². The molecule has 0 aromatic rings. The summed E-state index contributed by atoms with van der Waals surface area (Å²) in [4.78, 5) is 0. The van der Waals surface area contributed by atoms with Gasteiger partial charge in [-0.05, 0) is 31.8 Å². The summed E-state index contributed by atoms with van der Waals surface area (Å²) in [6.07, 6.45) is 5.47. The van der Waals surface area contributed by atoms with Gasteiger partial charge >= 0.3 is 0 Å². The Hall–Kier alpha value is -0.560. The molecule has 0 saturated heterocycles. The molecule has 0 aromatic heterocycles. The third-order valence-corrected chi connectivity index (χ3v) is 2.18. The lowest BCUT2D eigenvalue weighted by molar-refractivity contribution is 0.605. The Morgan fingerprint density at radius 3 is 2.80 bits per heavy atom. The van der Waals surface area contributed by atoms with Crippen molar-refractivity contribution in [2.45, 2.75) is 32.2 Å². The van der Waals surface area contributed by atoms with Crippen molar-refractivity contribution in [3.8, 4) is 0 Å². The number of hydrogen-bond donors (Lipinski definition) is 1. The van der Waals surface area contributed by atoms with Gasteiger partial charge in [0, 0.05) is 6.04 Å². The van der Waals surface area contributed by atoms with Crippen molar-refractivity contribution in [3.63, 3.8) is 0 Å². The van der Waals surface area contributed by atoms with Crippen molar-refractivity contribution in [1.29, 1.82) is 0 Å². The Balaban J connectivity index is 2.83. The molecular formula is C9H15N. The van der Waals surface area contributed by atoms with Crippen LogP contribution >= 0.6 is 0 Å². The molecule has 0 radical (unpaired) electrons. The fourth-order valence-electron chi connectivity index (χ4n) is 1.53. The average Bonchev–Trinajstić information content (AvgIpc) is 1.88. The molecule has 0 aromatic carbocycles. The maximum absolute atomic E-state index is 5.85. The molecule has 0 fully saturated rings. The minimum absolute atomic E-state index is 0.256. The zero-order chi connectivity index (χ0) is 7.56. The van der Waals surface area contributed by atoms with Crippen molar-refractivity contribution < 1.29 is 0 Å². The number of nitrogens with two attached hydrogens (primary N) is 1. The maximum Gasteiger partial charge on any atom is 0.0294 e. The smallest absolute Gasteiger partial charge is 0.0294 e. The highest BCUT2D eigenvalue weighted by Crippen LogP contribution is 2.23. The van der Waals surface area contributed by atoms with Crippen LogP contribution in [0.1, 0.15) is 26.2 Å². The van der Waals surface area contributed by atoms with Crippen molar-refractivity contribution in [2.24, 2.45) is 5.73 Å². The summed E-state index contributed by atoms with van der Waals surface area (Å²) in [5, 5.41) is 0. The molecule has 1 nitrogen and oxygen atoms in total. The molecule has 10 heavy (non-hydrogen) atoms. The fraction of sp³-hybridized carbons (Fsp3) is 0.556. The van der Waals surface area contributed by atoms with Gasteiger partial charge in [0.05, 0.1) is 0 Å². The summed E-state index contributed by atoms with van der Waals surface area (Å²) in [5.41, 5.74) is 8.55. The van der Waals surface area contributed by atoms with Crippen LogP contribution in [0.2, 0.25) is 0 Å². The SMILES string of the molecule is C=CC1=C(C)CCCC1N. The second-order valence-corrected chi connectivity index (χ2v) is 2.94. The second-order valence-electron chi connectivity index (χ2n) is 2.94. The minimum atomic E-state index is 0.256. The van der Waals surface area contributed by atoms with Crippen molar-refractivity contribution in [3.05, 3.63) is 23.8 Å². The second kappa shape index (κ2) is 3.02. The molecule has 1 unspecified atom stereocenters. The van der Waals surface area contributed by atoms with Crippen LogP contribution in [0, 0.1) is 0 Å². The van der Waals surface area contributed by atoms with Gasteiger partial charge < -0.3 is 5.73 Å². The van der Waals surface area contributed by atoms with Gasteiger partial charge in [-0.25, -0.2) is 0 Å². The molecule has 1 heteroatoms. The molecule has 56 valence electrons. The Morgan fingerprint density at radius 2 is 2.40 bits per heavy atom. The number of hydrogen-bond acceptors (Lipinski definition) is 1. The third-order valence-electron chi connectivity index (χ3n) is 2.18. The van der Waals surface area contributed by atoms with E-state index in [-0.39, 0.29) is 6.04 Å². The van der Waals surface area contributed by atoms with E-state index < -0.39 is 0 Å². The van der Waals surface area contributed by atoms with Gasteiger partial charge in [0.15, 0.2) is 0 Å². The van der Waals surface area contributed by atoms with E-state index in [0.717, 1.165) is 6.42 Å². The van der Waals surface area contributed by atoms with Gasteiger partial charge in [-0.2, -0.15) is 0 Å². The molecular weight excluding hydrogens is 122 g/mol. The molecule has 0 heterocycles. The highest BCUT2D eigenvalue weighted by atomic mass is 14.6. The van der Waals surface area contributed by atoms with E-state index in [9.17, 15) is 0 Å². The van der Waals surface area contributed by atoms with E-state index >= 15 is 0 Å². The van der Waals surface area contributed by atoms with E-state index in [1.165, 1.54) is 24.0 Å². The lowest BCUT2D eigenvalue weighted by Crippen LogP contribution is -2.25. The lowest BCUT2D eigenvalue weighted by Gasteiger charge is -2.21. The molecule has 0 spiro atoms. The monoisotopic (exact) mass is 137 g/mol. The van der Waals surface area contributed by atoms with Crippen LogP contribution < -0.4 is 5.73 Å². The zero-order valence-electron chi connectivity index (χ0n) is 6.56. The maximum atomic E-state index is 5.85. The largest absolute Gasteiger partial charge is 0.324 e. The molecule has 0 aliphatic heterocycles. The third kappa shape index (κ3) is 1.29. The van der Waals surface area contributed by atoms with Gasteiger partial charge in [0.1, 0.15) is 0 Å². The fourth-order valence-corrected chi connectivity index (χ4v) is 1.53. The quantitative estimate of drug-likeness (QED) is 0.587. The Bertz CT molecular complexity index is 168. The van der Waals surface area contributed by atoms with Gasteiger partial charge in [-0.1, -0.05) is 18.2 Å². The normalized spacial score (nSPS) is 26.8. The lowest BCUT2D eigenvalue weighted by atomic mass is 9.89. The molecule has 0 amide bonds. The Morgan fingerprint density at radius 1 is 1.70 bits per heavy atom. The number of rotatable bonds is 1. The topological polar surface area (TPSA) is 26.0 Å². The van der Waals surface area contributed by atoms with Crippen LogP contribution in [0.5, 0.6) is 0 Å². The van der Waals surface area contributed by atoms with Crippen LogP contribution in [0.25, 0.3) is 0 Å². The van der Waals surface area contributed by atoms with E-state index in [4.69, 9.17) is 5.73 Å². The van der Waals surface area contributed by atoms with Crippen molar-refractivity contribution in [2.75, 3.05) is 0 Å². The minimum Gasteiger partial charge on any atom is -0.324 e. The highest BCUT2D eigenvalue weighted by molar-refractivity contribution is 5.29. The first-order valence-electron chi connectivity index (χ1n) is 3.83. The molecule has 1 aliphatic carbocycles. The van der Waals surface area contributed by atoms with Crippen molar-refractivity contribution >= 4 is 0 Å². The first-order valence-corrected chi connectivity index (χ1v) is 3.83. The molecule has 0 bridgehead atoms. The molecule has 2 N–H and O–H groups in total. The first kappa shape index (κ1) is 7.55. The van der Waals surface area contributed by atoms with Crippen molar-refractivity contribution in [1.82, 2.24) is 0 Å². The summed E-state index contributed by atoms with van der Waals surface area (Å²) in [6.45, 7) is 5.90. The summed E-state index contributed by atoms with van der Waals surface area (Å²) in [5.74, 6) is 0. The Kier molecular flexibility index (Phi) is 2.28. The predicted molar refractivity (Wildman–Crippen MR) is 44.7 cm³/mol. The van der Waals surface area contributed by atoms with E-state index in [2.05, 4.69) is 13.5 Å². The summed E-state index contributed by atoms with van der Waals surface area (Å²) in [7, 11) is 0. The van der Waals surface area contributed by atoms with Gasteiger partial charge in [-0.15, -0.1) is 0 Å². The summed E-state index contributed by atoms with van der Waals surface area (Å²) >= 11 is 0. The summed E-state index contributed by atoms with van der Waals surface area (Å²) < 4.78 is 0.